The normalized spacial score (nSPS) is 13.9. The number of hydrogen-bond acceptors (Lipinski definition) is 2. The molecule has 0 saturated carbocycles. The van der Waals surface area contributed by atoms with Crippen molar-refractivity contribution in [3.8, 4) is 0 Å². The molecule has 0 radical (unpaired) electrons. The van der Waals surface area contributed by atoms with E-state index < -0.39 is 5.54 Å². The smallest absolute Gasteiger partial charge is 0.140 e. The molecule has 3 aromatic carbocycles. The third-order valence-electron chi connectivity index (χ3n) is 5.81. The molecule has 0 unspecified atom stereocenters. The molecule has 138 valence electrons. The Labute approximate surface area is 165 Å². The maximum Gasteiger partial charge on any atom is 0.140 e. The average molecular weight is 365 g/mol. The fraction of sp³-hybridized carbons (Fsp3) is 0.200. The number of rotatable bonds is 4. The van der Waals surface area contributed by atoms with Gasteiger partial charge in [0.2, 0.25) is 0 Å². The van der Waals surface area contributed by atoms with Crippen LogP contribution in [0.3, 0.4) is 0 Å². The fourth-order valence-electron chi connectivity index (χ4n) is 4.54. The molecule has 1 aliphatic carbocycles. The quantitative estimate of drug-likeness (QED) is 0.477. The summed E-state index contributed by atoms with van der Waals surface area (Å²) in [6, 6.07) is 32.1. The van der Waals surface area contributed by atoms with Gasteiger partial charge in [-0.1, -0.05) is 96.2 Å². The van der Waals surface area contributed by atoms with Gasteiger partial charge in [0.15, 0.2) is 0 Å². The molecular weight excluding hydrogens is 342 g/mol. The molecular formula is C25H23N3. The Morgan fingerprint density at radius 2 is 1.07 bits per heavy atom. The van der Waals surface area contributed by atoms with Gasteiger partial charge in [-0.05, 0) is 42.4 Å². The Balaban J connectivity index is 1.90. The molecule has 5 rings (SSSR count). The molecule has 0 fully saturated rings. The van der Waals surface area contributed by atoms with Gasteiger partial charge in [0, 0.05) is 0 Å². The first-order valence-corrected chi connectivity index (χ1v) is 10.0. The van der Waals surface area contributed by atoms with Crippen LogP contribution in [0.5, 0.6) is 0 Å². The summed E-state index contributed by atoms with van der Waals surface area (Å²) in [4.78, 5) is 0. The SMILES string of the molecule is c1ccc(C(c2ccccc2)(c2ccccc2)n2nnc3c2CCCC3)cc1. The van der Waals surface area contributed by atoms with E-state index in [-0.39, 0.29) is 0 Å². The number of fused-ring (bicyclic) bond motifs is 1. The summed E-state index contributed by atoms with van der Waals surface area (Å²) in [6.07, 6.45) is 4.43. The predicted octanol–water partition coefficient (Wildman–Crippen LogP) is 5.00. The van der Waals surface area contributed by atoms with Crippen molar-refractivity contribution < 1.29 is 0 Å². The minimum Gasteiger partial charge on any atom is -0.230 e. The lowest BCUT2D eigenvalue weighted by atomic mass is 9.76. The zero-order chi connectivity index (χ0) is 18.8. The monoisotopic (exact) mass is 365 g/mol. The maximum absolute atomic E-state index is 4.77. The summed E-state index contributed by atoms with van der Waals surface area (Å²) in [5.74, 6) is 0. The number of aryl methyl sites for hydroxylation is 1. The summed E-state index contributed by atoms with van der Waals surface area (Å²) in [6.45, 7) is 0. The number of nitrogens with zero attached hydrogens (tertiary/aromatic N) is 3. The first-order chi connectivity index (χ1) is 13.9. The molecule has 3 nitrogen and oxygen atoms in total. The minimum atomic E-state index is -0.540. The summed E-state index contributed by atoms with van der Waals surface area (Å²) >= 11 is 0. The highest BCUT2D eigenvalue weighted by atomic mass is 15.5. The van der Waals surface area contributed by atoms with E-state index in [1.54, 1.807) is 0 Å². The number of aromatic nitrogens is 3. The Morgan fingerprint density at radius 3 is 1.57 bits per heavy atom. The molecule has 3 heteroatoms. The Morgan fingerprint density at radius 1 is 0.607 bits per heavy atom. The number of hydrogen-bond donors (Lipinski definition) is 0. The summed E-state index contributed by atoms with van der Waals surface area (Å²) in [5.41, 5.74) is 5.48. The van der Waals surface area contributed by atoms with Crippen LogP contribution in [0.4, 0.5) is 0 Å². The summed E-state index contributed by atoms with van der Waals surface area (Å²) in [7, 11) is 0. The lowest BCUT2D eigenvalue weighted by molar-refractivity contribution is 0.426. The van der Waals surface area contributed by atoms with E-state index >= 15 is 0 Å². The Hall–Kier alpha value is -3.20. The first-order valence-electron chi connectivity index (χ1n) is 10.0. The van der Waals surface area contributed by atoms with Crippen LogP contribution in [0.25, 0.3) is 0 Å². The van der Waals surface area contributed by atoms with E-state index in [9.17, 15) is 0 Å². The van der Waals surface area contributed by atoms with Crippen LogP contribution in [-0.2, 0) is 18.4 Å². The molecule has 1 heterocycles. The van der Waals surface area contributed by atoms with Gasteiger partial charge in [0.05, 0.1) is 11.4 Å². The van der Waals surface area contributed by atoms with Crippen LogP contribution in [0.1, 0.15) is 40.9 Å². The molecule has 0 atom stereocenters. The second kappa shape index (κ2) is 7.08. The van der Waals surface area contributed by atoms with Crippen molar-refractivity contribution >= 4 is 0 Å². The largest absolute Gasteiger partial charge is 0.230 e. The zero-order valence-corrected chi connectivity index (χ0v) is 15.8. The fourth-order valence-corrected chi connectivity index (χ4v) is 4.54. The lowest BCUT2D eigenvalue weighted by Gasteiger charge is -2.37. The predicted molar refractivity (Wildman–Crippen MR) is 111 cm³/mol. The van der Waals surface area contributed by atoms with Gasteiger partial charge in [-0.2, -0.15) is 0 Å². The highest BCUT2D eigenvalue weighted by molar-refractivity contribution is 5.51. The molecule has 0 saturated heterocycles. The second-order valence-electron chi connectivity index (χ2n) is 7.41. The molecule has 0 spiro atoms. The van der Waals surface area contributed by atoms with Gasteiger partial charge in [0.25, 0.3) is 0 Å². The lowest BCUT2D eigenvalue weighted by Crippen LogP contribution is -2.40. The van der Waals surface area contributed by atoms with Crippen molar-refractivity contribution in [3.63, 3.8) is 0 Å². The van der Waals surface area contributed by atoms with E-state index in [2.05, 4.69) is 101 Å². The van der Waals surface area contributed by atoms with E-state index in [1.165, 1.54) is 35.2 Å². The van der Waals surface area contributed by atoms with Crippen molar-refractivity contribution in [3.05, 3.63) is 119 Å². The standard InChI is InChI=1S/C25H23N3/c1-4-12-20(13-5-1)25(21-14-6-2-7-15-21,22-16-8-3-9-17-22)28-24-19-11-10-18-23(24)26-27-28/h1-9,12-17H,10-11,18-19H2. The van der Waals surface area contributed by atoms with E-state index in [4.69, 9.17) is 5.21 Å². The van der Waals surface area contributed by atoms with Gasteiger partial charge < -0.3 is 0 Å². The second-order valence-corrected chi connectivity index (χ2v) is 7.41. The zero-order valence-electron chi connectivity index (χ0n) is 15.8. The molecule has 0 bridgehead atoms. The molecule has 0 aliphatic heterocycles. The third-order valence-corrected chi connectivity index (χ3v) is 5.81. The van der Waals surface area contributed by atoms with Crippen LogP contribution < -0.4 is 0 Å². The minimum absolute atomic E-state index is 0.540. The van der Waals surface area contributed by atoms with Crippen molar-refractivity contribution in [1.29, 1.82) is 0 Å². The number of benzene rings is 3. The van der Waals surface area contributed by atoms with Gasteiger partial charge in [-0.3, -0.25) is 0 Å². The van der Waals surface area contributed by atoms with Crippen LogP contribution in [0.15, 0.2) is 91.0 Å². The van der Waals surface area contributed by atoms with Crippen LogP contribution >= 0.6 is 0 Å². The van der Waals surface area contributed by atoms with Crippen molar-refractivity contribution in [2.45, 2.75) is 31.2 Å². The molecule has 28 heavy (non-hydrogen) atoms. The maximum atomic E-state index is 4.77. The van der Waals surface area contributed by atoms with Crippen molar-refractivity contribution in [2.75, 3.05) is 0 Å². The van der Waals surface area contributed by atoms with Gasteiger partial charge in [-0.15, -0.1) is 5.10 Å². The third kappa shape index (κ3) is 2.58. The van der Waals surface area contributed by atoms with E-state index in [1.807, 2.05) is 0 Å². The summed E-state index contributed by atoms with van der Waals surface area (Å²) < 4.78 is 2.20. The van der Waals surface area contributed by atoms with E-state index in [0.717, 1.165) is 18.5 Å². The van der Waals surface area contributed by atoms with E-state index in [0.29, 0.717) is 0 Å². The first kappa shape index (κ1) is 16.9. The average Bonchev–Trinajstić information content (AvgIpc) is 3.21. The van der Waals surface area contributed by atoms with Gasteiger partial charge >= 0.3 is 0 Å². The molecule has 0 N–H and O–H groups in total. The molecule has 4 aromatic rings. The van der Waals surface area contributed by atoms with Crippen LogP contribution in [-0.4, -0.2) is 15.0 Å². The van der Waals surface area contributed by atoms with Gasteiger partial charge in [0.1, 0.15) is 5.54 Å². The van der Waals surface area contributed by atoms with Crippen molar-refractivity contribution in [2.24, 2.45) is 0 Å². The molecule has 1 aliphatic rings. The topological polar surface area (TPSA) is 30.7 Å². The highest BCUT2D eigenvalue weighted by Crippen LogP contribution is 2.42. The van der Waals surface area contributed by atoms with Crippen molar-refractivity contribution in [1.82, 2.24) is 15.0 Å². The Kier molecular flexibility index (Phi) is 4.28. The molecule has 0 amide bonds. The van der Waals surface area contributed by atoms with Crippen LogP contribution in [0, 0.1) is 0 Å². The van der Waals surface area contributed by atoms with Gasteiger partial charge in [-0.25, -0.2) is 4.68 Å². The van der Waals surface area contributed by atoms with Crippen LogP contribution in [0.2, 0.25) is 0 Å². The highest BCUT2D eigenvalue weighted by Gasteiger charge is 2.41. The Bertz CT molecular complexity index is 956. The summed E-state index contributed by atoms with van der Waals surface area (Å²) in [5, 5.41) is 9.38. The molecule has 1 aromatic heterocycles.